The second kappa shape index (κ2) is 7.56. The summed E-state index contributed by atoms with van der Waals surface area (Å²) < 4.78 is 5.94. The Morgan fingerprint density at radius 3 is 2.84 bits per heavy atom. The molecule has 1 fully saturated rings. The van der Waals surface area contributed by atoms with Gasteiger partial charge in [0.15, 0.2) is 5.82 Å². The summed E-state index contributed by atoms with van der Waals surface area (Å²) in [6.07, 6.45) is 9.12. The van der Waals surface area contributed by atoms with Gasteiger partial charge in [0.25, 0.3) is 0 Å². The first kappa shape index (κ1) is 14.4. The normalized spacial score (nSPS) is 18.4. The van der Waals surface area contributed by atoms with Gasteiger partial charge in [-0.3, -0.25) is 0 Å². The third-order valence-corrected chi connectivity index (χ3v) is 3.81. The lowest BCUT2D eigenvalue weighted by Crippen LogP contribution is -2.22. The number of nitrogens with zero attached hydrogens (tertiary/aromatic N) is 2. The average Bonchev–Trinajstić information content (AvgIpc) is 2.46. The van der Waals surface area contributed by atoms with Crippen molar-refractivity contribution in [3.05, 3.63) is 23.8 Å². The van der Waals surface area contributed by atoms with Gasteiger partial charge in [-0.25, -0.2) is 9.97 Å². The Hall–Kier alpha value is -1.00. The van der Waals surface area contributed by atoms with E-state index in [9.17, 15) is 0 Å². The predicted octanol–water partition coefficient (Wildman–Crippen LogP) is 2.64. The molecule has 0 saturated heterocycles. The maximum Gasteiger partial charge on any atom is 0.157 e. The van der Waals surface area contributed by atoms with Crippen molar-refractivity contribution >= 4 is 0 Å². The Morgan fingerprint density at radius 1 is 1.37 bits per heavy atom. The highest BCUT2D eigenvalue weighted by Crippen LogP contribution is 2.35. The van der Waals surface area contributed by atoms with Crippen LogP contribution in [-0.2, 0) is 11.2 Å². The highest BCUT2D eigenvalue weighted by molar-refractivity contribution is 5.06. The van der Waals surface area contributed by atoms with E-state index in [2.05, 4.69) is 9.97 Å². The Kier molecular flexibility index (Phi) is 5.73. The van der Waals surface area contributed by atoms with Crippen LogP contribution in [0.3, 0.4) is 0 Å². The van der Waals surface area contributed by atoms with Crippen LogP contribution < -0.4 is 5.73 Å². The first-order valence-electron chi connectivity index (χ1n) is 7.48. The van der Waals surface area contributed by atoms with Crippen LogP contribution >= 0.6 is 0 Å². The lowest BCUT2D eigenvalue weighted by Gasteiger charge is -2.29. The Labute approximate surface area is 115 Å². The van der Waals surface area contributed by atoms with Crippen LogP contribution in [0.15, 0.2) is 12.3 Å². The van der Waals surface area contributed by atoms with Crippen LogP contribution in [-0.4, -0.2) is 23.1 Å². The fourth-order valence-electron chi connectivity index (χ4n) is 2.88. The molecule has 0 aliphatic heterocycles. The molecule has 1 unspecified atom stereocenters. The molecule has 2 N–H and O–H groups in total. The fourth-order valence-corrected chi connectivity index (χ4v) is 2.88. The lowest BCUT2D eigenvalue weighted by atomic mass is 9.85. The van der Waals surface area contributed by atoms with E-state index in [0.29, 0.717) is 19.1 Å². The number of ether oxygens (including phenoxy) is 1. The minimum atomic E-state index is 0.0584. The standard InChI is InChI=1S/C15H25N3O/c1-2-19-14(12-6-4-3-5-7-12)15-17-11-9-13(18-15)8-10-16/h9,11-12,14H,2-8,10,16H2,1H3. The summed E-state index contributed by atoms with van der Waals surface area (Å²) in [5.41, 5.74) is 6.62. The largest absolute Gasteiger partial charge is 0.370 e. The number of rotatable bonds is 6. The molecule has 0 aromatic carbocycles. The molecule has 1 heterocycles. The highest BCUT2D eigenvalue weighted by atomic mass is 16.5. The Bertz CT molecular complexity index is 377. The zero-order valence-corrected chi connectivity index (χ0v) is 11.8. The molecule has 4 heteroatoms. The highest BCUT2D eigenvalue weighted by Gasteiger charge is 2.27. The summed E-state index contributed by atoms with van der Waals surface area (Å²) in [4.78, 5) is 9.08. The van der Waals surface area contributed by atoms with Crippen LogP contribution in [0.25, 0.3) is 0 Å². The predicted molar refractivity (Wildman–Crippen MR) is 75.7 cm³/mol. The van der Waals surface area contributed by atoms with Gasteiger partial charge in [0.2, 0.25) is 0 Å². The molecule has 106 valence electrons. The Balaban J connectivity index is 2.14. The molecule has 0 spiro atoms. The molecule has 1 aromatic rings. The number of hydrogen-bond acceptors (Lipinski definition) is 4. The minimum Gasteiger partial charge on any atom is -0.370 e. The van der Waals surface area contributed by atoms with Gasteiger partial charge in [0, 0.05) is 24.9 Å². The van der Waals surface area contributed by atoms with E-state index < -0.39 is 0 Å². The fraction of sp³-hybridized carbons (Fsp3) is 0.733. The zero-order valence-electron chi connectivity index (χ0n) is 11.8. The molecule has 1 aliphatic rings. The van der Waals surface area contributed by atoms with E-state index in [1.165, 1.54) is 32.1 Å². The van der Waals surface area contributed by atoms with Gasteiger partial charge in [0.1, 0.15) is 6.10 Å². The van der Waals surface area contributed by atoms with Crippen LogP contribution in [0.2, 0.25) is 0 Å². The first-order chi connectivity index (χ1) is 9.35. The molecular formula is C15H25N3O. The molecule has 1 atom stereocenters. The van der Waals surface area contributed by atoms with E-state index in [-0.39, 0.29) is 6.10 Å². The molecule has 0 bridgehead atoms. The minimum absolute atomic E-state index is 0.0584. The van der Waals surface area contributed by atoms with Crippen molar-refractivity contribution in [3.63, 3.8) is 0 Å². The monoisotopic (exact) mass is 263 g/mol. The van der Waals surface area contributed by atoms with E-state index in [0.717, 1.165) is 17.9 Å². The van der Waals surface area contributed by atoms with Crippen molar-refractivity contribution in [1.29, 1.82) is 0 Å². The molecule has 0 amide bonds. The van der Waals surface area contributed by atoms with Crippen LogP contribution in [0.1, 0.15) is 56.7 Å². The third-order valence-electron chi connectivity index (χ3n) is 3.81. The van der Waals surface area contributed by atoms with Crippen molar-refractivity contribution in [2.75, 3.05) is 13.2 Å². The quantitative estimate of drug-likeness (QED) is 0.857. The van der Waals surface area contributed by atoms with Gasteiger partial charge in [-0.1, -0.05) is 19.3 Å². The van der Waals surface area contributed by atoms with Crippen LogP contribution in [0.4, 0.5) is 0 Å². The van der Waals surface area contributed by atoms with Crippen LogP contribution in [0.5, 0.6) is 0 Å². The van der Waals surface area contributed by atoms with Crippen molar-refractivity contribution < 1.29 is 4.74 Å². The first-order valence-corrected chi connectivity index (χ1v) is 7.48. The van der Waals surface area contributed by atoms with Crippen molar-refractivity contribution in [2.24, 2.45) is 11.7 Å². The van der Waals surface area contributed by atoms with Crippen molar-refractivity contribution in [2.45, 2.75) is 51.6 Å². The SMILES string of the molecule is CCOC(c1nccc(CCN)n1)C1CCCCC1. The number of nitrogens with two attached hydrogens (primary N) is 1. The summed E-state index contributed by atoms with van der Waals surface area (Å²) in [5, 5.41) is 0. The van der Waals surface area contributed by atoms with Gasteiger partial charge < -0.3 is 10.5 Å². The summed E-state index contributed by atoms with van der Waals surface area (Å²) in [5.74, 6) is 1.42. The van der Waals surface area contributed by atoms with Gasteiger partial charge in [-0.15, -0.1) is 0 Å². The summed E-state index contributed by atoms with van der Waals surface area (Å²) in [6.45, 7) is 3.38. The van der Waals surface area contributed by atoms with Gasteiger partial charge >= 0.3 is 0 Å². The smallest absolute Gasteiger partial charge is 0.157 e. The lowest BCUT2D eigenvalue weighted by molar-refractivity contribution is -0.000324. The van der Waals surface area contributed by atoms with E-state index in [1.807, 2.05) is 19.2 Å². The van der Waals surface area contributed by atoms with Crippen molar-refractivity contribution in [3.8, 4) is 0 Å². The van der Waals surface area contributed by atoms with Crippen molar-refractivity contribution in [1.82, 2.24) is 9.97 Å². The maximum atomic E-state index is 5.94. The summed E-state index contributed by atoms with van der Waals surface area (Å²) in [6, 6.07) is 1.94. The zero-order chi connectivity index (χ0) is 13.5. The topological polar surface area (TPSA) is 61.0 Å². The molecule has 1 saturated carbocycles. The van der Waals surface area contributed by atoms with E-state index in [1.54, 1.807) is 0 Å². The summed E-state index contributed by atoms with van der Waals surface area (Å²) in [7, 11) is 0. The average molecular weight is 263 g/mol. The van der Waals surface area contributed by atoms with Gasteiger partial charge in [-0.05, 0) is 38.3 Å². The number of hydrogen-bond donors (Lipinski definition) is 1. The second-order valence-corrected chi connectivity index (χ2v) is 5.22. The molecule has 1 aromatic heterocycles. The van der Waals surface area contributed by atoms with E-state index in [4.69, 9.17) is 10.5 Å². The molecule has 4 nitrogen and oxygen atoms in total. The van der Waals surface area contributed by atoms with Gasteiger partial charge in [0.05, 0.1) is 0 Å². The molecule has 1 aliphatic carbocycles. The molecular weight excluding hydrogens is 238 g/mol. The van der Waals surface area contributed by atoms with Gasteiger partial charge in [-0.2, -0.15) is 0 Å². The summed E-state index contributed by atoms with van der Waals surface area (Å²) >= 11 is 0. The molecule has 19 heavy (non-hydrogen) atoms. The second-order valence-electron chi connectivity index (χ2n) is 5.22. The van der Waals surface area contributed by atoms with E-state index >= 15 is 0 Å². The Morgan fingerprint density at radius 2 is 2.16 bits per heavy atom. The third kappa shape index (κ3) is 3.98. The maximum absolute atomic E-state index is 5.94. The molecule has 2 rings (SSSR count). The molecule has 0 radical (unpaired) electrons. The van der Waals surface area contributed by atoms with Crippen LogP contribution in [0, 0.1) is 5.92 Å². The number of aromatic nitrogens is 2.